The minimum atomic E-state index is -0.0148. The average Bonchev–Trinajstić information content (AvgIpc) is 1.97. The third-order valence-corrected chi connectivity index (χ3v) is 2.33. The Labute approximate surface area is 76.2 Å². The van der Waals surface area contributed by atoms with Crippen LogP contribution in [0.4, 0.5) is 11.5 Å². The molecule has 0 radical (unpaired) electrons. The van der Waals surface area contributed by atoms with Crippen molar-refractivity contribution in [3.63, 3.8) is 0 Å². The van der Waals surface area contributed by atoms with Gasteiger partial charge in [-0.05, 0) is 0 Å². The normalized spacial score (nSPS) is 10.0. The molecule has 0 aliphatic heterocycles. The molecular formula is C6H10IN4-. The van der Waals surface area contributed by atoms with Crippen molar-refractivity contribution in [2.24, 2.45) is 0 Å². The summed E-state index contributed by atoms with van der Waals surface area (Å²) in [6.07, 6.45) is 1.48. The van der Waals surface area contributed by atoms with Gasteiger partial charge in [0, 0.05) is 0 Å². The number of anilines is 2. The number of nitrogen functional groups attached to an aromatic ring is 1. The first-order valence-electron chi connectivity index (χ1n) is 3.07. The van der Waals surface area contributed by atoms with Gasteiger partial charge in [-0.1, -0.05) is 0 Å². The molecule has 0 fully saturated rings. The van der Waals surface area contributed by atoms with Crippen molar-refractivity contribution >= 4 is 11.5 Å². The summed E-state index contributed by atoms with van der Waals surface area (Å²) in [5.41, 5.74) is 7.42. The molecule has 0 atom stereocenters. The molecule has 1 aromatic heterocycles. The number of hydrogen-bond acceptors (Lipinski definition) is 4. The van der Waals surface area contributed by atoms with Gasteiger partial charge in [0.15, 0.2) is 0 Å². The molecular weight excluding hydrogens is 255 g/mol. The number of rotatable bonds is 2. The SMILES string of the molecule is C[I-]Nc1c(C)ncnc1N. The number of halogens is 1. The molecule has 62 valence electrons. The quantitative estimate of drug-likeness (QED) is 0.350. The van der Waals surface area contributed by atoms with Crippen LogP contribution in [0.5, 0.6) is 0 Å². The van der Waals surface area contributed by atoms with Gasteiger partial charge in [0.1, 0.15) is 0 Å². The van der Waals surface area contributed by atoms with Gasteiger partial charge < -0.3 is 0 Å². The fourth-order valence-corrected chi connectivity index (χ4v) is 1.91. The van der Waals surface area contributed by atoms with E-state index in [9.17, 15) is 0 Å². The van der Waals surface area contributed by atoms with Crippen LogP contribution in [-0.4, -0.2) is 14.9 Å². The second-order valence-electron chi connectivity index (χ2n) is 2.00. The molecule has 11 heavy (non-hydrogen) atoms. The molecule has 1 rings (SSSR count). The second kappa shape index (κ2) is 3.70. The molecule has 1 heterocycles. The molecule has 0 saturated heterocycles. The van der Waals surface area contributed by atoms with E-state index >= 15 is 0 Å². The van der Waals surface area contributed by atoms with Gasteiger partial charge >= 0.3 is 76.1 Å². The summed E-state index contributed by atoms with van der Waals surface area (Å²) < 4.78 is 3.20. The van der Waals surface area contributed by atoms with Crippen LogP contribution < -0.4 is 30.7 Å². The number of alkyl halides is 1. The van der Waals surface area contributed by atoms with E-state index in [4.69, 9.17) is 5.73 Å². The molecule has 0 aliphatic carbocycles. The van der Waals surface area contributed by atoms with E-state index in [1.165, 1.54) is 6.33 Å². The van der Waals surface area contributed by atoms with Crippen molar-refractivity contribution < 1.29 is 21.5 Å². The maximum absolute atomic E-state index is 5.61. The van der Waals surface area contributed by atoms with Crippen LogP contribution in [0.25, 0.3) is 0 Å². The van der Waals surface area contributed by atoms with Crippen LogP contribution in [0, 0.1) is 6.92 Å². The van der Waals surface area contributed by atoms with E-state index in [2.05, 4.69) is 18.4 Å². The van der Waals surface area contributed by atoms with Gasteiger partial charge in [0.05, 0.1) is 0 Å². The fraction of sp³-hybridized carbons (Fsp3) is 0.333. The number of aryl methyl sites for hydroxylation is 1. The number of nitrogens with one attached hydrogen (secondary N) is 1. The van der Waals surface area contributed by atoms with Crippen molar-refractivity contribution in [2.75, 3.05) is 14.2 Å². The maximum atomic E-state index is 5.61. The van der Waals surface area contributed by atoms with Crippen LogP contribution in [0.15, 0.2) is 6.33 Å². The first-order valence-corrected chi connectivity index (χ1v) is 6.31. The summed E-state index contributed by atoms with van der Waals surface area (Å²) in [5, 5.41) is 0. The molecule has 5 heteroatoms. The summed E-state index contributed by atoms with van der Waals surface area (Å²) in [7, 11) is 0. The Morgan fingerprint density at radius 2 is 2.27 bits per heavy atom. The van der Waals surface area contributed by atoms with E-state index < -0.39 is 0 Å². The van der Waals surface area contributed by atoms with Gasteiger partial charge in [0.2, 0.25) is 0 Å². The zero-order valence-electron chi connectivity index (χ0n) is 6.43. The fourth-order valence-electron chi connectivity index (χ4n) is 0.703. The molecule has 0 aromatic carbocycles. The molecule has 4 nitrogen and oxygen atoms in total. The van der Waals surface area contributed by atoms with Gasteiger partial charge in [-0.15, -0.1) is 0 Å². The Bertz CT molecular complexity index is 230. The van der Waals surface area contributed by atoms with Crippen LogP contribution >= 0.6 is 0 Å². The van der Waals surface area contributed by atoms with E-state index in [0.717, 1.165) is 11.4 Å². The predicted octanol–water partition coefficient (Wildman–Crippen LogP) is -2.59. The van der Waals surface area contributed by atoms with E-state index in [1.54, 1.807) is 0 Å². The Hall–Kier alpha value is -0.590. The van der Waals surface area contributed by atoms with Crippen LogP contribution in [-0.2, 0) is 0 Å². The third-order valence-electron chi connectivity index (χ3n) is 1.26. The topological polar surface area (TPSA) is 63.8 Å². The summed E-state index contributed by atoms with van der Waals surface area (Å²) in [6, 6.07) is 0. The van der Waals surface area contributed by atoms with Gasteiger partial charge in [0.25, 0.3) is 0 Å². The van der Waals surface area contributed by atoms with E-state index in [1.807, 2.05) is 6.92 Å². The Balaban J connectivity index is 3.00. The number of hydrogen-bond donors (Lipinski definition) is 2. The number of nitrogens with two attached hydrogens (primary N) is 1. The van der Waals surface area contributed by atoms with Crippen molar-refractivity contribution in [1.82, 2.24) is 9.97 Å². The van der Waals surface area contributed by atoms with Crippen molar-refractivity contribution in [2.45, 2.75) is 6.92 Å². The van der Waals surface area contributed by atoms with Gasteiger partial charge in [-0.25, -0.2) is 0 Å². The van der Waals surface area contributed by atoms with E-state index in [0.29, 0.717) is 5.82 Å². The van der Waals surface area contributed by atoms with Crippen LogP contribution in [0.1, 0.15) is 5.69 Å². The molecule has 0 amide bonds. The average molecular weight is 265 g/mol. The van der Waals surface area contributed by atoms with E-state index in [-0.39, 0.29) is 21.5 Å². The number of nitrogens with zero attached hydrogens (tertiary/aromatic N) is 2. The molecule has 0 unspecified atom stereocenters. The second-order valence-corrected chi connectivity index (χ2v) is 3.62. The van der Waals surface area contributed by atoms with Crippen molar-refractivity contribution in [3.05, 3.63) is 12.0 Å². The Kier molecular flexibility index (Phi) is 2.86. The van der Waals surface area contributed by atoms with Gasteiger partial charge in [-0.2, -0.15) is 0 Å². The summed E-state index contributed by atoms with van der Waals surface area (Å²) >= 11 is -0.0148. The standard InChI is InChI=1S/C6H10IN4/c1-4-5(11-7-2)6(8)10-3-9-4/h3,11H,1-2H3,(H2,8,9,10)/q-1. The first kappa shape index (κ1) is 8.51. The molecule has 0 saturated carbocycles. The monoisotopic (exact) mass is 265 g/mol. The third kappa shape index (κ3) is 1.92. The zero-order chi connectivity index (χ0) is 8.27. The molecule has 1 aromatic rings. The van der Waals surface area contributed by atoms with Crippen molar-refractivity contribution in [3.8, 4) is 0 Å². The summed E-state index contributed by atoms with van der Waals surface area (Å²) in [5.74, 6) is 0.541. The number of aromatic nitrogens is 2. The first-order chi connectivity index (χ1) is 5.25. The summed E-state index contributed by atoms with van der Waals surface area (Å²) in [6.45, 7) is 1.92. The molecule has 3 N–H and O–H groups in total. The van der Waals surface area contributed by atoms with Crippen LogP contribution in [0.2, 0.25) is 0 Å². The molecule has 0 spiro atoms. The van der Waals surface area contributed by atoms with Crippen molar-refractivity contribution in [1.29, 1.82) is 0 Å². The zero-order valence-corrected chi connectivity index (χ0v) is 8.58. The van der Waals surface area contributed by atoms with Gasteiger partial charge in [-0.3, -0.25) is 0 Å². The Morgan fingerprint density at radius 1 is 1.55 bits per heavy atom. The minimum absolute atomic E-state index is 0.0148. The Morgan fingerprint density at radius 3 is 2.82 bits per heavy atom. The summed E-state index contributed by atoms with van der Waals surface area (Å²) in [4.78, 5) is 10.0. The molecule has 0 bridgehead atoms. The molecule has 0 aliphatic rings. The van der Waals surface area contributed by atoms with Crippen LogP contribution in [0.3, 0.4) is 0 Å². The predicted molar refractivity (Wildman–Crippen MR) is 40.7 cm³/mol.